The molecule has 20 heavy (non-hydrogen) atoms. The number of nitriles is 1. The first-order chi connectivity index (χ1) is 9.54. The van der Waals surface area contributed by atoms with Gasteiger partial charge < -0.3 is 0 Å². The number of hydrogen-bond acceptors (Lipinski definition) is 4. The lowest BCUT2D eigenvalue weighted by Crippen LogP contribution is -2.30. The van der Waals surface area contributed by atoms with Gasteiger partial charge in [-0.3, -0.25) is 0 Å². The summed E-state index contributed by atoms with van der Waals surface area (Å²) in [5.74, 6) is 0. The molecule has 0 aliphatic carbocycles. The topological polar surface area (TPSA) is 61.2 Å². The van der Waals surface area contributed by atoms with Crippen LogP contribution in [0.2, 0.25) is 0 Å². The number of nitrogens with zero attached hydrogens (tertiary/aromatic N) is 2. The number of hydrogen-bond donors (Lipinski definition) is 0. The lowest BCUT2D eigenvalue weighted by atomic mass is 10.2. The summed E-state index contributed by atoms with van der Waals surface area (Å²) < 4.78 is 27.2. The van der Waals surface area contributed by atoms with Gasteiger partial charge in [0.15, 0.2) is 0 Å². The molecule has 1 heterocycles. The van der Waals surface area contributed by atoms with Crippen molar-refractivity contribution < 1.29 is 8.42 Å². The SMILES string of the molecule is N#CCN(Cc1ccccc1)S(=O)(=O)c1ccc(Br)s1. The average molecular weight is 371 g/mol. The van der Waals surface area contributed by atoms with Gasteiger partial charge in [0.1, 0.15) is 10.8 Å². The van der Waals surface area contributed by atoms with Gasteiger partial charge >= 0.3 is 0 Å². The van der Waals surface area contributed by atoms with Gasteiger partial charge in [-0.1, -0.05) is 30.3 Å². The molecule has 0 atom stereocenters. The zero-order valence-corrected chi connectivity index (χ0v) is 13.6. The molecule has 0 radical (unpaired) electrons. The number of sulfonamides is 1. The Morgan fingerprint density at radius 2 is 1.90 bits per heavy atom. The van der Waals surface area contributed by atoms with Gasteiger partial charge in [0.2, 0.25) is 0 Å². The van der Waals surface area contributed by atoms with Gasteiger partial charge in [-0.2, -0.15) is 9.57 Å². The molecule has 4 nitrogen and oxygen atoms in total. The van der Waals surface area contributed by atoms with E-state index < -0.39 is 10.0 Å². The summed E-state index contributed by atoms with van der Waals surface area (Å²) in [6.45, 7) is 0.0129. The maximum Gasteiger partial charge on any atom is 0.253 e. The summed E-state index contributed by atoms with van der Waals surface area (Å²) in [5, 5.41) is 8.87. The highest BCUT2D eigenvalue weighted by molar-refractivity contribution is 9.11. The van der Waals surface area contributed by atoms with E-state index in [4.69, 9.17) is 5.26 Å². The fraction of sp³-hybridized carbons (Fsp3) is 0.154. The van der Waals surface area contributed by atoms with Gasteiger partial charge in [0, 0.05) is 6.54 Å². The second-order valence-electron chi connectivity index (χ2n) is 3.98. The predicted octanol–water partition coefficient (Wildman–Crippen LogP) is 3.23. The van der Waals surface area contributed by atoms with Gasteiger partial charge in [0.25, 0.3) is 10.0 Å². The van der Waals surface area contributed by atoms with Crippen molar-refractivity contribution in [1.82, 2.24) is 4.31 Å². The van der Waals surface area contributed by atoms with Crippen molar-refractivity contribution in [2.24, 2.45) is 0 Å². The van der Waals surface area contributed by atoms with E-state index in [-0.39, 0.29) is 17.3 Å². The second kappa shape index (κ2) is 6.50. The van der Waals surface area contributed by atoms with Crippen LogP contribution in [-0.4, -0.2) is 19.3 Å². The molecule has 0 aliphatic heterocycles. The standard InChI is InChI=1S/C13H11BrN2O2S2/c14-12-6-7-13(19-12)20(17,18)16(9-8-15)10-11-4-2-1-3-5-11/h1-7H,9-10H2. The van der Waals surface area contributed by atoms with E-state index in [1.54, 1.807) is 12.1 Å². The first kappa shape index (κ1) is 15.2. The van der Waals surface area contributed by atoms with Crippen molar-refractivity contribution in [3.63, 3.8) is 0 Å². The molecule has 104 valence electrons. The minimum atomic E-state index is -3.64. The van der Waals surface area contributed by atoms with E-state index in [9.17, 15) is 8.42 Å². The third-order valence-electron chi connectivity index (χ3n) is 2.59. The van der Waals surface area contributed by atoms with E-state index in [1.165, 1.54) is 4.31 Å². The summed E-state index contributed by atoms with van der Waals surface area (Å²) in [5.41, 5.74) is 0.849. The van der Waals surface area contributed by atoms with Crippen LogP contribution >= 0.6 is 27.3 Å². The minimum absolute atomic E-state index is 0.174. The average Bonchev–Trinajstić information content (AvgIpc) is 2.87. The summed E-state index contributed by atoms with van der Waals surface area (Å²) in [4.78, 5) is 0. The van der Waals surface area contributed by atoms with Crippen LogP contribution in [0.25, 0.3) is 0 Å². The zero-order chi connectivity index (χ0) is 14.6. The number of rotatable bonds is 5. The lowest BCUT2D eigenvalue weighted by Gasteiger charge is -2.18. The molecule has 7 heteroatoms. The normalized spacial score (nSPS) is 11.4. The van der Waals surface area contributed by atoms with Crippen LogP contribution in [0.3, 0.4) is 0 Å². The number of benzene rings is 1. The summed E-state index contributed by atoms with van der Waals surface area (Å²) in [7, 11) is -3.64. The molecule has 2 aromatic rings. The van der Waals surface area contributed by atoms with Crippen LogP contribution in [-0.2, 0) is 16.6 Å². The van der Waals surface area contributed by atoms with Gasteiger partial charge in [-0.25, -0.2) is 8.42 Å². The van der Waals surface area contributed by atoms with Crippen LogP contribution in [0, 0.1) is 11.3 Å². The van der Waals surface area contributed by atoms with E-state index in [2.05, 4.69) is 15.9 Å². The van der Waals surface area contributed by atoms with Crippen molar-refractivity contribution in [2.45, 2.75) is 10.8 Å². The third-order valence-corrected chi connectivity index (χ3v) is 6.47. The van der Waals surface area contributed by atoms with Crippen molar-refractivity contribution >= 4 is 37.3 Å². The molecule has 0 N–H and O–H groups in total. The van der Waals surface area contributed by atoms with E-state index in [0.717, 1.165) is 20.7 Å². The number of thiophene rings is 1. The van der Waals surface area contributed by atoms with Gasteiger partial charge in [-0.05, 0) is 33.6 Å². The summed E-state index contributed by atoms with van der Waals surface area (Å²) in [6.07, 6.45) is 0. The van der Waals surface area contributed by atoms with E-state index >= 15 is 0 Å². The van der Waals surface area contributed by atoms with Gasteiger partial charge in [0.05, 0.1) is 9.86 Å². The second-order valence-corrected chi connectivity index (χ2v) is 8.60. The van der Waals surface area contributed by atoms with Crippen molar-refractivity contribution in [1.29, 1.82) is 5.26 Å². The molecular weight excluding hydrogens is 360 g/mol. The molecule has 0 unspecified atom stereocenters. The molecule has 1 aromatic heterocycles. The van der Waals surface area contributed by atoms with Crippen LogP contribution in [0.5, 0.6) is 0 Å². The molecule has 2 rings (SSSR count). The summed E-state index contributed by atoms with van der Waals surface area (Å²) in [6, 6.07) is 14.4. The zero-order valence-electron chi connectivity index (χ0n) is 10.4. The first-order valence-corrected chi connectivity index (χ1v) is 8.75. The molecule has 0 aliphatic rings. The number of halogens is 1. The minimum Gasteiger partial charge on any atom is -0.206 e. The third kappa shape index (κ3) is 3.46. The summed E-state index contributed by atoms with van der Waals surface area (Å²) >= 11 is 4.39. The molecule has 0 saturated heterocycles. The largest absolute Gasteiger partial charge is 0.253 e. The van der Waals surface area contributed by atoms with Crippen LogP contribution < -0.4 is 0 Å². The smallest absolute Gasteiger partial charge is 0.206 e. The van der Waals surface area contributed by atoms with Crippen LogP contribution in [0.4, 0.5) is 0 Å². The quantitative estimate of drug-likeness (QED) is 0.759. The molecular formula is C13H11BrN2O2S2. The van der Waals surface area contributed by atoms with Crippen molar-refractivity contribution in [3.8, 4) is 6.07 Å². The van der Waals surface area contributed by atoms with Crippen molar-refractivity contribution in [3.05, 3.63) is 51.8 Å². The Morgan fingerprint density at radius 1 is 1.20 bits per heavy atom. The van der Waals surface area contributed by atoms with Crippen molar-refractivity contribution in [2.75, 3.05) is 6.54 Å². The highest BCUT2D eigenvalue weighted by Crippen LogP contribution is 2.29. The fourth-order valence-corrected chi connectivity index (χ4v) is 5.14. The van der Waals surface area contributed by atoms with Gasteiger partial charge in [-0.15, -0.1) is 11.3 Å². The maximum atomic E-state index is 12.5. The maximum absolute atomic E-state index is 12.5. The Balaban J connectivity index is 2.31. The Hall–Kier alpha value is -1.20. The molecule has 0 amide bonds. The Kier molecular flexibility index (Phi) is 4.94. The first-order valence-electron chi connectivity index (χ1n) is 5.70. The Labute approximate surface area is 130 Å². The molecule has 0 saturated carbocycles. The molecule has 0 spiro atoms. The Bertz CT molecular complexity index is 720. The lowest BCUT2D eigenvalue weighted by molar-refractivity contribution is 0.443. The van der Waals surface area contributed by atoms with E-state index in [0.29, 0.717) is 0 Å². The molecule has 0 fully saturated rings. The fourth-order valence-electron chi connectivity index (χ4n) is 1.66. The monoisotopic (exact) mass is 370 g/mol. The van der Waals surface area contributed by atoms with Crippen LogP contribution in [0.15, 0.2) is 50.5 Å². The van der Waals surface area contributed by atoms with E-state index in [1.807, 2.05) is 36.4 Å². The van der Waals surface area contributed by atoms with Crippen LogP contribution in [0.1, 0.15) is 5.56 Å². The predicted molar refractivity (Wildman–Crippen MR) is 81.7 cm³/mol. The Morgan fingerprint density at radius 3 is 2.45 bits per heavy atom. The molecule has 0 bridgehead atoms. The highest BCUT2D eigenvalue weighted by atomic mass is 79.9. The molecule has 1 aromatic carbocycles. The highest BCUT2D eigenvalue weighted by Gasteiger charge is 2.26.